The summed E-state index contributed by atoms with van der Waals surface area (Å²) in [5.74, 6) is -2.77. The summed E-state index contributed by atoms with van der Waals surface area (Å²) in [6, 6.07) is 6.97. The molecule has 5 rings (SSSR count). The van der Waals surface area contributed by atoms with E-state index in [1.165, 1.54) is 14.0 Å². The van der Waals surface area contributed by atoms with Gasteiger partial charge in [0.05, 0.1) is 49.5 Å². The Morgan fingerprint density at radius 1 is 0.959 bits per heavy atom. The molecule has 0 unspecified atom stereocenters. The minimum atomic E-state index is -1.44. The number of carbonyl (C=O) groups excluding carboxylic acids is 5. The number of carbonyl (C=O) groups is 5. The fourth-order valence-electron chi connectivity index (χ4n) is 10.7. The van der Waals surface area contributed by atoms with Crippen molar-refractivity contribution in [1.29, 1.82) is 0 Å². The van der Waals surface area contributed by atoms with E-state index in [1.54, 1.807) is 73.8 Å². The molecule has 0 saturated carbocycles. The molecule has 0 spiro atoms. The molecule has 1 aromatic heterocycles. The number of esters is 4. The first kappa shape index (κ1) is 60.5. The van der Waals surface area contributed by atoms with Crippen LogP contribution >= 0.6 is 0 Å². The van der Waals surface area contributed by atoms with Crippen LogP contribution in [0, 0.1) is 11.8 Å². The van der Waals surface area contributed by atoms with Gasteiger partial charge in [0.1, 0.15) is 42.6 Å². The second-order valence-corrected chi connectivity index (χ2v) is 20.6. The smallest absolute Gasteiger partial charge is 0.309 e. The molecule has 3 saturated heterocycles. The lowest BCUT2D eigenvalue weighted by atomic mass is 9.82. The predicted octanol–water partition coefficient (Wildman–Crippen LogP) is 4.72. The first-order valence-corrected chi connectivity index (χ1v) is 26.2. The van der Waals surface area contributed by atoms with E-state index in [0.717, 1.165) is 41.3 Å². The number of likely N-dealkylation sites (N-methyl/N-ethyl adjacent to an activating group) is 1. The van der Waals surface area contributed by atoms with Crippen LogP contribution in [0.3, 0.4) is 0 Å². The first-order valence-electron chi connectivity index (χ1n) is 26.2. The maximum atomic E-state index is 13.9. The number of aldehydes is 1. The molecular formula is C54H83N3O17. The van der Waals surface area contributed by atoms with Gasteiger partial charge in [-0.2, -0.15) is 0 Å². The number of β-amino-alcohol motifs (C(OH)–C–C–N with tert-alkyl or cyclic N) is 1. The Hall–Kier alpha value is -4.38. The summed E-state index contributed by atoms with van der Waals surface area (Å²) in [5.41, 5.74) is 0.641. The summed E-state index contributed by atoms with van der Waals surface area (Å²) in [4.78, 5) is 73.0. The normalized spacial score (nSPS) is 33.9. The zero-order valence-electron chi connectivity index (χ0n) is 45.5. The number of aromatic nitrogens is 1. The third-order valence-corrected chi connectivity index (χ3v) is 14.5. The molecule has 416 valence electrons. The van der Waals surface area contributed by atoms with E-state index >= 15 is 0 Å². The molecule has 74 heavy (non-hydrogen) atoms. The monoisotopic (exact) mass is 1050 g/mol. The van der Waals surface area contributed by atoms with Crippen molar-refractivity contribution in [3.8, 4) is 5.75 Å². The van der Waals surface area contributed by atoms with Crippen LogP contribution in [0.25, 0.3) is 10.9 Å². The van der Waals surface area contributed by atoms with Crippen LogP contribution in [-0.4, -0.2) is 188 Å². The molecule has 3 aliphatic rings. The van der Waals surface area contributed by atoms with Gasteiger partial charge in [-0.15, -0.1) is 0 Å². The van der Waals surface area contributed by atoms with Gasteiger partial charge in [0.25, 0.3) is 0 Å². The molecule has 1 aromatic carbocycles. The molecular weight excluding hydrogens is 963 g/mol. The zero-order chi connectivity index (χ0) is 54.4. The van der Waals surface area contributed by atoms with Gasteiger partial charge in [0.15, 0.2) is 24.3 Å². The Morgan fingerprint density at radius 2 is 1.68 bits per heavy atom. The van der Waals surface area contributed by atoms with Crippen molar-refractivity contribution in [2.45, 2.75) is 198 Å². The number of rotatable bonds is 18. The summed E-state index contributed by atoms with van der Waals surface area (Å²) in [7, 11) is 6.51. The molecule has 20 heteroatoms. The van der Waals surface area contributed by atoms with E-state index in [-0.39, 0.29) is 38.6 Å². The maximum absolute atomic E-state index is 13.9. The average Bonchev–Trinajstić information content (AvgIpc) is 3.34. The highest BCUT2D eigenvalue weighted by Gasteiger charge is 2.54. The molecule has 0 bridgehead atoms. The highest BCUT2D eigenvalue weighted by Crippen LogP contribution is 2.39. The van der Waals surface area contributed by atoms with Crippen LogP contribution in [0.15, 0.2) is 30.5 Å². The lowest BCUT2D eigenvalue weighted by Gasteiger charge is -2.50. The van der Waals surface area contributed by atoms with Gasteiger partial charge in [0, 0.05) is 64.4 Å². The molecule has 3 fully saturated rings. The van der Waals surface area contributed by atoms with Crippen molar-refractivity contribution in [2.24, 2.45) is 11.8 Å². The van der Waals surface area contributed by atoms with Crippen LogP contribution in [0.1, 0.15) is 112 Å². The molecule has 3 aliphatic heterocycles. The average molecular weight is 1050 g/mol. The fourth-order valence-corrected chi connectivity index (χ4v) is 10.7. The van der Waals surface area contributed by atoms with Crippen molar-refractivity contribution in [1.82, 2.24) is 14.8 Å². The summed E-state index contributed by atoms with van der Waals surface area (Å²) < 4.78 is 61.3. The quantitative estimate of drug-likeness (QED) is 0.117. The van der Waals surface area contributed by atoms with Crippen LogP contribution in [0.5, 0.6) is 5.75 Å². The van der Waals surface area contributed by atoms with E-state index in [0.29, 0.717) is 19.5 Å². The fraction of sp³-hybridized carbons (Fsp3) is 0.741. The first-order chi connectivity index (χ1) is 35.1. The van der Waals surface area contributed by atoms with Crippen LogP contribution in [0.2, 0.25) is 0 Å². The van der Waals surface area contributed by atoms with E-state index in [1.807, 2.05) is 31.2 Å². The van der Waals surface area contributed by atoms with Gasteiger partial charge in [-0.1, -0.05) is 20.8 Å². The number of benzene rings is 1. The molecule has 20 nitrogen and oxygen atoms in total. The number of hydrogen-bond acceptors (Lipinski definition) is 20. The summed E-state index contributed by atoms with van der Waals surface area (Å²) >= 11 is 0. The largest absolute Gasteiger partial charge is 0.497 e. The topological polar surface area (TPSA) is 237 Å². The molecule has 2 N–H and O–H groups in total. The second-order valence-electron chi connectivity index (χ2n) is 20.6. The second kappa shape index (κ2) is 28.1. The van der Waals surface area contributed by atoms with Crippen LogP contribution < -0.4 is 4.74 Å². The number of pyridine rings is 1. The number of hydrogen-bond donors (Lipinski definition) is 2. The lowest BCUT2D eigenvalue weighted by Crippen LogP contribution is -2.66. The van der Waals surface area contributed by atoms with Crippen molar-refractivity contribution in [2.75, 3.05) is 47.9 Å². The summed E-state index contributed by atoms with van der Waals surface area (Å²) in [6.45, 7) is 14.7. The van der Waals surface area contributed by atoms with Crippen molar-refractivity contribution in [3.05, 3.63) is 36.0 Å². The standard InChI is InChI=1S/C54H83N3O17/c1-13-43(61)70-42-28-45(63)67-32(4)20-24-57(23-15-16-36-19-22-55-40-18-17-38(65-11)27-39(36)40)30-41(60)31(3)26-37(21-25-58)50(51(42)66-12)73-53-48(64)47(56(9)10)49(33(5)69-53)72-46-29-54(8,74-35(7)59)52(34(6)68-46)71-44(62)14-2/h17-19,22,25,27,31-34,37,41-42,46-53,60,64H,13-16,20-21,23-24,26,28-30H2,1-12H3/t31-,32-,33-,34+,37+,41+,42-,46+,47-,48-,49-,50+,51+,52+,53+,54-/m1/s1. The number of methoxy groups -OCH3 is 2. The minimum absolute atomic E-state index is 0.0196. The third kappa shape index (κ3) is 16.1. The number of aryl methyl sites for hydroxylation is 1. The molecule has 2 aromatic rings. The Balaban J connectivity index is 1.44. The molecule has 16 atom stereocenters. The Kier molecular flexibility index (Phi) is 23.0. The highest BCUT2D eigenvalue weighted by atomic mass is 16.7. The van der Waals surface area contributed by atoms with Gasteiger partial charge < -0.3 is 72.2 Å². The Labute approximate surface area is 436 Å². The molecule has 0 aliphatic carbocycles. The van der Waals surface area contributed by atoms with Crippen molar-refractivity contribution >= 4 is 41.1 Å². The Morgan fingerprint density at radius 3 is 2.32 bits per heavy atom. The van der Waals surface area contributed by atoms with E-state index < -0.39 is 127 Å². The number of cyclic esters (lactones) is 1. The van der Waals surface area contributed by atoms with Gasteiger partial charge in [-0.25, -0.2) is 0 Å². The minimum Gasteiger partial charge on any atom is -0.497 e. The van der Waals surface area contributed by atoms with Gasteiger partial charge in [-0.3, -0.25) is 24.2 Å². The zero-order valence-corrected chi connectivity index (χ0v) is 45.5. The van der Waals surface area contributed by atoms with Gasteiger partial charge in [-0.05, 0) is 116 Å². The Bertz CT molecular complexity index is 2150. The van der Waals surface area contributed by atoms with Crippen molar-refractivity contribution < 1.29 is 81.6 Å². The molecule has 4 heterocycles. The number of aliphatic hydroxyl groups is 2. The van der Waals surface area contributed by atoms with Crippen LogP contribution in [-0.2, 0) is 73.0 Å². The van der Waals surface area contributed by atoms with Gasteiger partial charge >= 0.3 is 23.9 Å². The van der Waals surface area contributed by atoms with Crippen molar-refractivity contribution in [3.63, 3.8) is 0 Å². The third-order valence-electron chi connectivity index (χ3n) is 14.5. The van der Waals surface area contributed by atoms with E-state index in [2.05, 4.69) is 9.88 Å². The summed E-state index contributed by atoms with van der Waals surface area (Å²) in [6.07, 6.45) is -8.15. The molecule has 0 amide bonds. The number of fused-ring (bicyclic) bond motifs is 1. The number of ether oxygens (including phenoxy) is 10. The van der Waals surface area contributed by atoms with Crippen LogP contribution in [0.4, 0.5) is 0 Å². The number of nitrogens with zero attached hydrogens (tertiary/aromatic N) is 3. The predicted molar refractivity (Wildman–Crippen MR) is 270 cm³/mol. The maximum Gasteiger partial charge on any atom is 0.309 e. The van der Waals surface area contributed by atoms with E-state index in [4.69, 9.17) is 47.4 Å². The molecule has 0 radical (unpaired) electrons. The number of aliphatic hydroxyl groups excluding tert-OH is 2. The van der Waals surface area contributed by atoms with Gasteiger partial charge in [0.2, 0.25) is 0 Å². The highest BCUT2D eigenvalue weighted by molar-refractivity contribution is 5.83. The SMILES string of the molecule is CCC(=O)O[C@@H]1CC(=O)O[C@H](C)CCN(CCCc2ccnc3ccc(OC)cc23)C[C@H](O)[C@H](C)C[C@H](CC=O)[C@H](O[C@@H]2O[C@H](C)[C@@H](O[C@H]3C[C@@](C)(OC(C)=O)[C@@H](OC(=O)CC)[C@H](C)O3)[C@H](N(C)C)[C@H]2O)[C@H]1OC. The lowest BCUT2D eigenvalue weighted by molar-refractivity contribution is -0.344. The van der Waals surface area contributed by atoms with E-state index in [9.17, 15) is 34.2 Å². The summed E-state index contributed by atoms with van der Waals surface area (Å²) in [5, 5.41) is 25.4.